The fourth-order valence-corrected chi connectivity index (χ4v) is 13.9. The second-order valence-electron chi connectivity index (χ2n) is 27.4. The van der Waals surface area contributed by atoms with Crippen molar-refractivity contribution in [2.75, 3.05) is 44.4 Å². The molecule has 0 bridgehead atoms. The zero-order chi connectivity index (χ0) is 65.0. The van der Waals surface area contributed by atoms with E-state index in [0.29, 0.717) is 25.2 Å². The Morgan fingerprint density at radius 1 is 0.511 bits per heavy atom. The topological polar surface area (TPSA) is 246 Å². The highest BCUT2D eigenvalue weighted by Crippen LogP contribution is 2.44. The van der Waals surface area contributed by atoms with Crippen LogP contribution in [0.2, 0.25) is 0 Å². The molecule has 3 heterocycles. The van der Waals surface area contributed by atoms with E-state index in [1.807, 2.05) is 83.8 Å². The van der Waals surface area contributed by atoms with Gasteiger partial charge in [0.15, 0.2) is 0 Å². The molecule has 0 aromatic heterocycles. The van der Waals surface area contributed by atoms with Crippen molar-refractivity contribution in [3.63, 3.8) is 0 Å². The molecule has 6 fully saturated rings. The van der Waals surface area contributed by atoms with Gasteiger partial charge < -0.3 is 50.2 Å². The molecule has 0 spiro atoms. The van der Waals surface area contributed by atoms with Crippen LogP contribution in [0.3, 0.4) is 0 Å². The minimum Gasteiger partial charge on any atom is -0.445 e. The van der Waals surface area contributed by atoms with Gasteiger partial charge >= 0.3 is 18.3 Å². The quantitative estimate of drug-likeness (QED) is 0.0979. The van der Waals surface area contributed by atoms with Gasteiger partial charge in [0, 0.05) is 51.1 Å². The first-order chi connectivity index (χ1) is 42.8. The molecular formula is C69H97N9O12. The Balaban J connectivity index is 0.000000238. The molecule has 0 unspecified atom stereocenters. The number of rotatable bonds is 16. The van der Waals surface area contributed by atoms with E-state index in [9.17, 15) is 43.2 Å². The Labute approximate surface area is 531 Å². The monoisotopic (exact) mass is 1240 g/mol. The largest absolute Gasteiger partial charge is 0.445 e. The van der Waals surface area contributed by atoms with Crippen LogP contribution in [0.1, 0.15) is 151 Å². The molecule has 3 saturated carbocycles. The summed E-state index contributed by atoms with van der Waals surface area (Å²) >= 11 is 0. The molecule has 21 nitrogen and oxygen atoms in total. The maximum Gasteiger partial charge on any atom is 0.410 e. The van der Waals surface area contributed by atoms with Crippen molar-refractivity contribution >= 4 is 65.1 Å². The molecule has 4 N–H and O–H groups in total. The van der Waals surface area contributed by atoms with Crippen molar-refractivity contribution in [2.45, 2.75) is 205 Å². The Hall–Kier alpha value is -7.71. The number of hydrogen-bond donors (Lipinski definition) is 4. The summed E-state index contributed by atoms with van der Waals surface area (Å²) in [6.07, 6.45) is 10.6. The first-order valence-electron chi connectivity index (χ1n) is 32.6. The number of benzene rings is 3. The molecule has 21 heteroatoms. The number of hydrogen-bond acceptors (Lipinski definition) is 12. The van der Waals surface area contributed by atoms with Crippen LogP contribution in [0.5, 0.6) is 0 Å². The van der Waals surface area contributed by atoms with E-state index in [4.69, 9.17) is 14.2 Å². The van der Waals surface area contributed by atoms with Gasteiger partial charge in [0.05, 0.1) is 23.9 Å². The lowest BCUT2D eigenvalue weighted by atomic mass is 9.83. The highest BCUT2D eigenvalue weighted by Gasteiger charge is 2.56. The number of likely N-dealkylation sites (N-methyl/N-ethyl adjacent to an activating group) is 2. The minimum absolute atomic E-state index is 0.0290. The van der Waals surface area contributed by atoms with Gasteiger partial charge in [-0.25, -0.2) is 14.4 Å². The predicted molar refractivity (Wildman–Crippen MR) is 341 cm³/mol. The van der Waals surface area contributed by atoms with Crippen molar-refractivity contribution < 1.29 is 57.4 Å². The maximum absolute atomic E-state index is 14.7. The number of carbonyl (C=O) groups is 9. The molecule has 9 amide bonds. The fourth-order valence-electron chi connectivity index (χ4n) is 13.9. The third kappa shape index (κ3) is 17.4. The third-order valence-corrected chi connectivity index (χ3v) is 18.9. The summed E-state index contributed by atoms with van der Waals surface area (Å²) in [6, 6.07) is 23.4. The van der Waals surface area contributed by atoms with E-state index >= 15 is 0 Å². The van der Waals surface area contributed by atoms with Crippen LogP contribution in [0.25, 0.3) is 0 Å². The van der Waals surface area contributed by atoms with E-state index in [0.717, 1.165) is 94.7 Å². The predicted octanol–water partition coefficient (Wildman–Crippen LogP) is 9.76. The van der Waals surface area contributed by atoms with E-state index in [2.05, 4.69) is 21.3 Å². The van der Waals surface area contributed by atoms with Gasteiger partial charge in [0.1, 0.15) is 42.0 Å². The zero-order valence-corrected chi connectivity index (χ0v) is 54.5. The lowest BCUT2D eigenvalue weighted by Gasteiger charge is -2.37. The number of nitrogens with zero attached hydrogens (tertiary/aromatic N) is 5. The smallest absolute Gasteiger partial charge is 0.410 e. The molecule has 3 saturated heterocycles. The van der Waals surface area contributed by atoms with Crippen molar-refractivity contribution in [3.05, 3.63) is 96.6 Å². The van der Waals surface area contributed by atoms with Gasteiger partial charge in [-0.3, -0.25) is 38.6 Å². The fraction of sp³-hybridized carbons (Fsp3) is 0.609. The number of para-hydroxylation sites is 2. The summed E-state index contributed by atoms with van der Waals surface area (Å²) in [5.74, 6) is -2.36. The Bertz CT molecular complexity index is 2960. The van der Waals surface area contributed by atoms with Crippen LogP contribution in [0, 0.1) is 29.6 Å². The van der Waals surface area contributed by atoms with E-state index < -0.39 is 77.6 Å². The average Bonchev–Trinajstić information content (AvgIpc) is 1.63. The first-order valence-corrected chi connectivity index (χ1v) is 32.6. The van der Waals surface area contributed by atoms with E-state index in [-0.39, 0.29) is 72.4 Å². The minimum atomic E-state index is -0.902. The lowest BCUT2D eigenvalue weighted by molar-refractivity contribution is -0.141. The number of anilines is 2. The van der Waals surface area contributed by atoms with Crippen LogP contribution in [0.4, 0.5) is 25.8 Å². The van der Waals surface area contributed by atoms with Crippen molar-refractivity contribution in [2.24, 2.45) is 29.6 Å². The molecule has 9 rings (SSSR count). The number of likely N-dealkylation sites (tertiary alicyclic amines) is 3. The summed E-state index contributed by atoms with van der Waals surface area (Å²) in [6.45, 7) is 14.9. The van der Waals surface area contributed by atoms with Crippen molar-refractivity contribution in [3.8, 4) is 0 Å². The number of amides is 9. The third-order valence-electron chi connectivity index (χ3n) is 18.9. The number of fused-ring (bicyclic) bond motifs is 2. The van der Waals surface area contributed by atoms with Crippen LogP contribution >= 0.6 is 0 Å². The lowest BCUT2D eigenvalue weighted by Crippen LogP contribution is -2.58. The molecular weight excluding hydrogens is 1150 g/mol. The number of nitrogens with one attached hydrogen (secondary N) is 4. The average molecular weight is 1240 g/mol. The van der Waals surface area contributed by atoms with E-state index in [1.54, 1.807) is 77.3 Å². The van der Waals surface area contributed by atoms with Gasteiger partial charge in [0.25, 0.3) is 0 Å². The summed E-state index contributed by atoms with van der Waals surface area (Å²) in [4.78, 5) is 130. The summed E-state index contributed by atoms with van der Waals surface area (Å²) in [5, 5.41) is 12.1. The van der Waals surface area contributed by atoms with E-state index in [1.165, 1.54) is 23.9 Å². The second kappa shape index (κ2) is 30.4. The molecule has 3 aromatic carbocycles. The second-order valence-corrected chi connectivity index (χ2v) is 27.4. The van der Waals surface area contributed by atoms with Gasteiger partial charge in [-0.1, -0.05) is 105 Å². The standard InChI is InChI=1S/C38H51N5O7.C31H46N4O5/c1-25(41(5)36(47)50-38(2,3)4)33(44)40-31(27-17-11-7-12-18-27)35(46)42-22-21-30-32(42)29(34(45)39-28-19-13-8-14-20-28)23-43(30)37(48)49-24-26-15-9-6-10-16-26;1-20(34(5)30(39)40-31(2,3)4)27(36)33-25(21-12-8-6-9-13-21)29(38)35-19-18-22-16-17-24(26(22)35)28(37)32-23-14-10-7-11-15-23/h6,8-10,13-16,19-20,25,27,29-32H,7,11-12,17-18,21-24H2,1-5H3,(H,39,45)(H,40,44);7,10-11,14-15,20-22,24-26H,6,8-9,12-13,16-19H2,1-5H3,(H,32,37)(H,33,36)/t25-,29-,30+,31-,32+;20-,22+,24-,25-,26-/m00/s1. The molecule has 3 aliphatic carbocycles. The molecule has 3 aliphatic heterocycles. The van der Waals surface area contributed by atoms with Gasteiger partial charge in [-0.15, -0.1) is 0 Å². The molecule has 10 atom stereocenters. The highest BCUT2D eigenvalue weighted by atomic mass is 16.6. The Morgan fingerprint density at radius 2 is 0.933 bits per heavy atom. The van der Waals surface area contributed by atoms with Crippen molar-refractivity contribution in [1.29, 1.82) is 0 Å². The first kappa shape index (κ1) is 68.2. The number of ether oxygens (including phenoxy) is 3. The normalized spacial score (nSPS) is 23.0. The highest BCUT2D eigenvalue weighted by molar-refractivity contribution is 5.97. The van der Waals surface area contributed by atoms with Crippen LogP contribution in [0.15, 0.2) is 91.0 Å². The molecule has 3 aromatic rings. The molecule has 6 aliphatic rings. The van der Waals surface area contributed by atoms with Crippen LogP contribution in [-0.2, 0) is 49.6 Å². The van der Waals surface area contributed by atoms with Gasteiger partial charge in [-0.05, 0) is 154 Å². The Morgan fingerprint density at radius 3 is 1.39 bits per heavy atom. The summed E-state index contributed by atoms with van der Waals surface area (Å²) < 4.78 is 16.6. The zero-order valence-electron chi connectivity index (χ0n) is 54.5. The summed E-state index contributed by atoms with van der Waals surface area (Å²) in [5.41, 5.74) is 0.795. The van der Waals surface area contributed by atoms with Crippen LogP contribution in [-0.4, -0.2) is 165 Å². The number of carbonyl (C=O) groups excluding carboxylic acids is 9. The SMILES string of the molecule is C[C@@H](C(=O)N[C@H](C(=O)N1CC[C@@H]2[C@H]1[C@@H](C(=O)Nc1ccccc1)CN2C(=O)OCc1ccccc1)C1CCCCC1)N(C)C(=O)OC(C)(C)C.C[C@@H](C(=O)N[C@H](C(=O)N1CC[C@H]2CC[C@H](C(=O)Nc3ccccc3)[C@H]21)C1CCCCC1)N(C)C(=O)OC(C)(C)C. The van der Waals surface area contributed by atoms with Crippen LogP contribution < -0.4 is 21.3 Å². The summed E-state index contributed by atoms with van der Waals surface area (Å²) in [7, 11) is 3.04. The van der Waals surface area contributed by atoms with Crippen molar-refractivity contribution in [1.82, 2.24) is 35.1 Å². The molecule has 90 heavy (non-hydrogen) atoms. The Kier molecular flexibility index (Phi) is 23.0. The maximum atomic E-state index is 14.7. The van der Waals surface area contributed by atoms with Gasteiger partial charge in [-0.2, -0.15) is 0 Å². The van der Waals surface area contributed by atoms with Gasteiger partial charge in [0.2, 0.25) is 35.4 Å². The molecule has 490 valence electrons. The molecule has 0 radical (unpaired) electrons.